The molecule has 0 aliphatic heterocycles. The number of ether oxygens (including phenoxy) is 1. The summed E-state index contributed by atoms with van der Waals surface area (Å²) < 4.78 is 17.8. The summed E-state index contributed by atoms with van der Waals surface area (Å²) in [5, 5.41) is 3.16. The van der Waals surface area contributed by atoms with Crippen molar-refractivity contribution in [2.24, 2.45) is 0 Å². The van der Waals surface area contributed by atoms with Crippen LogP contribution in [0, 0.1) is 5.82 Å². The van der Waals surface area contributed by atoms with E-state index in [1.54, 1.807) is 13.0 Å². The van der Waals surface area contributed by atoms with Gasteiger partial charge in [0.25, 0.3) is 0 Å². The molecule has 0 heterocycles. The summed E-state index contributed by atoms with van der Waals surface area (Å²) in [6.07, 6.45) is 1.18. The van der Waals surface area contributed by atoms with Crippen LogP contribution in [0.25, 0.3) is 0 Å². The second kappa shape index (κ2) is 7.79. The maximum absolute atomic E-state index is 12.8. The van der Waals surface area contributed by atoms with Crippen LogP contribution >= 0.6 is 0 Å². The minimum absolute atomic E-state index is 0.171. The largest absolute Gasteiger partial charge is 0.466 e. The molecule has 1 N–H and O–H groups in total. The van der Waals surface area contributed by atoms with Gasteiger partial charge < -0.3 is 10.1 Å². The molecule has 4 heteroatoms. The van der Waals surface area contributed by atoms with Crippen LogP contribution in [0.3, 0.4) is 0 Å². The SMILES string of the molecule is CCC(=O)OCCCNCc1cccc(F)c1. The molecular formula is C13H18FNO2. The third-order valence-corrected chi connectivity index (χ3v) is 2.27. The van der Waals surface area contributed by atoms with Gasteiger partial charge in [0.05, 0.1) is 6.61 Å². The number of hydrogen-bond acceptors (Lipinski definition) is 3. The average Bonchev–Trinajstić information content (AvgIpc) is 2.33. The van der Waals surface area contributed by atoms with Gasteiger partial charge in [-0.2, -0.15) is 0 Å². The molecule has 0 bridgehead atoms. The van der Waals surface area contributed by atoms with E-state index in [-0.39, 0.29) is 11.8 Å². The summed E-state index contributed by atoms with van der Waals surface area (Å²) in [4.78, 5) is 10.8. The molecule has 3 nitrogen and oxygen atoms in total. The maximum Gasteiger partial charge on any atom is 0.305 e. The smallest absolute Gasteiger partial charge is 0.305 e. The molecule has 1 aromatic rings. The molecule has 0 aliphatic carbocycles. The van der Waals surface area contributed by atoms with Gasteiger partial charge in [0, 0.05) is 13.0 Å². The molecular weight excluding hydrogens is 221 g/mol. The van der Waals surface area contributed by atoms with Crippen molar-refractivity contribution in [2.75, 3.05) is 13.2 Å². The molecule has 0 saturated carbocycles. The van der Waals surface area contributed by atoms with Crippen molar-refractivity contribution in [3.63, 3.8) is 0 Å². The highest BCUT2D eigenvalue weighted by molar-refractivity contribution is 5.68. The molecule has 17 heavy (non-hydrogen) atoms. The lowest BCUT2D eigenvalue weighted by Crippen LogP contribution is -2.17. The third kappa shape index (κ3) is 6.02. The van der Waals surface area contributed by atoms with Gasteiger partial charge in [-0.1, -0.05) is 19.1 Å². The molecule has 0 radical (unpaired) electrons. The van der Waals surface area contributed by atoms with Crippen LogP contribution in [0.5, 0.6) is 0 Å². The second-order valence-corrected chi connectivity index (χ2v) is 3.73. The molecule has 0 unspecified atom stereocenters. The Balaban J connectivity index is 2.06. The highest BCUT2D eigenvalue weighted by Gasteiger charge is 1.98. The Morgan fingerprint density at radius 1 is 1.47 bits per heavy atom. The normalized spacial score (nSPS) is 10.2. The van der Waals surface area contributed by atoms with E-state index in [9.17, 15) is 9.18 Å². The van der Waals surface area contributed by atoms with E-state index in [0.717, 1.165) is 18.5 Å². The Hall–Kier alpha value is -1.42. The van der Waals surface area contributed by atoms with Crippen LogP contribution < -0.4 is 5.32 Å². The third-order valence-electron chi connectivity index (χ3n) is 2.27. The number of benzene rings is 1. The van der Waals surface area contributed by atoms with Crippen molar-refractivity contribution in [3.8, 4) is 0 Å². The Morgan fingerprint density at radius 2 is 2.29 bits per heavy atom. The van der Waals surface area contributed by atoms with Gasteiger partial charge in [-0.05, 0) is 30.7 Å². The number of carbonyl (C=O) groups excluding carboxylic acids is 1. The topological polar surface area (TPSA) is 38.3 Å². The maximum atomic E-state index is 12.8. The van der Waals surface area contributed by atoms with Crippen molar-refractivity contribution in [1.82, 2.24) is 5.32 Å². The molecule has 0 aromatic heterocycles. The minimum atomic E-state index is -0.221. The summed E-state index contributed by atoms with van der Waals surface area (Å²) in [7, 11) is 0. The van der Waals surface area contributed by atoms with Gasteiger partial charge in [0.15, 0.2) is 0 Å². The summed E-state index contributed by atoms with van der Waals surface area (Å²) in [5.74, 6) is -0.392. The predicted molar refractivity (Wildman–Crippen MR) is 64.0 cm³/mol. The van der Waals surface area contributed by atoms with Gasteiger partial charge >= 0.3 is 5.97 Å². The number of hydrogen-bond donors (Lipinski definition) is 1. The fourth-order valence-corrected chi connectivity index (χ4v) is 1.36. The molecule has 0 atom stereocenters. The summed E-state index contributed by atoms with van der Waals surface area (Å²) in [6.45, 7) is 3.57. The van der Waals surface area contributed by atoms with Gasteiger partial charge in [-0.15, -0.1) is 0 Å². The lowest BCUT2D eigenvalue weighted by Gasteiger charge is -2.05. The van der Waals surface area contributed by atoms with E-state index in [4.69, 9.17) is 4.74 Å². The molecule has 1 rings (SSSR count). The summed E-state index contributed by atoms with van der Waals surface area (Å²) in [5.41, 5.74) is 0.913. The lowest BCUT2D eigenvalue weighted by atomic mass is 10.2. The van der Waals surface area contributed by atoms with E-state index >= 15 is 0 Å². The predicted octanol–water partition coefficient (Wildman–Crippen LogP) is 2.26. The van der Waals surface area contributed by atoms with Crippen LogP contribution in [0.4, 0.5) is 4.39 Å². The molecule has 0 spiro atoms. The van der Waals surface area contributed by atoms with Crippen LogP contribution in [-0.4, -0.2) is 19.1 Å². The Kier molecular flexibility index (Phi) is 6.25. The summed E-state index contributed by atoms with van der Waals surface area (Å²) >= 11 is 0. The number of halogens is 1. The average molecular weight is 239 g/mol. The molecule has 1 aromatic carbocycles. The fourth-order valence-electron chi connectivity index (χ4n) is 1.36. The zero-order chi connectivity index (χ0) is 12.5. The van der Waals surface area contributed by atoms with Crippen molar-refractivity contribution in [2.45, 2.75) is 26.3 Å². The van der Waals surface area contributed by atoms with Gasteiger partial charge in [0.1, 0.15) is 5.82 Å². The van der Waals surface area contributed by atoms with Crippen molar-refractivity contribution >= 4 is 5.97 Å². The highest BCUT2D eigenvalue weighted by Crippen LogP contribution is 2.02. The molecule has 0 aliphatic rings. The van der Waals surface area contributed by atoms with E-state index < -0.39 is 0 Å². The minimum Gasteiger partial charge on any atom is -0.466 e. The first-order valence-electron chi connectivity index (χ1n) is 5.83. The second-order valence-electron chi connectivity index (χ2n) is 3.73. The van der Waals surface area contributed by atoms with Crippen molar-refractivity contribution < 1.29 is 13.9 Å². The number of nitrogens with one attached hydrogen (secondary N) is 1. The van der Waals surface area contributed by atoms with Gasteiger partial charge in [-0.3, -0.25) is 4.79 Å². The van der Waals surface area contributed by atoms with Crippen LogP contribution in [0.15, 0.2) is 24.3 Å². The lowest BCUT2D eigenvalue weighted by molar-refractivity contribution is -0.143. The Labute approximate surface area is 101 Å². The van der Waals surface area contributed by atoms with Crippen LogP contribution in [0.2, 0.25) is 0 Å². The summed E-state index contributed by atoms with van der Waals surface area (Å²) in [6, 6.07) is 6.49. The number of esters is 1. The van der Waals surface area contributed by atoms with E-state index in [1.807, 2.05) is 6.07 Å². The molecule has 94 valence electrons. The zero-order valence-corrected chi connectivity index (χ0v) is 10.0. The molecule has 0 saturated heterocycles. The van der Waals surface area contributed by atoms with Gasteiger partial charge in [0.2, 0.25) is 0 Å². The Morgan fingerprint density at radius 3 is 3.00 bits per heavy atom. The van der Waals surface area contributed by atoms with Gasteiger partial charge in [-0.25, -0.2) is 4.39 Å². The quantitative estimate of drug-likeness (QED) is 0.586. The first-order valence-corrected chi connectivity index (χ1v) is 5.83. The highest BCUT2D eigenvalue weighted by atomic mass is 19.1. The van der Waals surface area contributed by atoms with Crippen molar-refractivity contribution in [1.29, 1.82) is 0 Å². The zero-order valence-electron chi connectivity index (χ0n) is 10.0. The van der Waals surface area contributed by atoms with Crippen molar-refractivity contribution in [3.05, 3.63) is 35.6 Å². The molecule has 0 fully saturated rings. The standard InChI is InChI=1S/C13H18FNO2/c1-2-13(16)17-8-4-7-15-10-11-5-3-6-12(14)9-11/h3,5-6,9,15H,2,4,7-8,10H2,1H3. The first kappa shape index (κ1) is 13.6. The fraction of sp³-hybridized carbons (Fsp3) is 0.462. The van der Waals surface area contributed by atoms with E-state index in [0.29, 0.717) is 19.6 Å². The molecule has 0 amide bonds. The van der Waals surface area contributed by atoms with Crippen LogP contribution in [0.1, 0.15) is 25.3 Å². The number of carbonyl (C=O) groups is 1. The monoisotopic (exact) mass is 239 g/mol. The Bertz CT molecular complexity index is 355. The van der Waals surface area contributed by atoms with E-state index in [2.05, 4.69) is 5.32 Å². The first-order chi connectivity index (χ1) is 8.22. The number of rotatable bonds is 7. The van der Waals surface area contributed by atoms with Crippen LogP contribution in [-0.2, 0) is 16.1 Å². The van der Waals surface area contributed by atoms with E-state index in [1.165, 1.54) is 12.1 Å².